The highest BCUT2D eigenvalue weighted by atomic mass is 16.2. The third-order valence-corrected chi connectivity index (χ3v) is 3.03. The van der Waals surface area contributed by atoms with Gasteiger partial charge in [-0.05, 0) is 20.4 Å². The van der Waals surface area contributed by atoms with E-state index in [-0.39, 0.29) is 11.9 Å². The summed E-state index contributed by atoms with van der Waals surface area (Å²) in [5.41, 5.74) is 5.85. The number of rotatable bonds is 3. The molecule has 0 aromatic carbocycles. The summed E-state index contributed by atoms with van der Waals surface area (Å²) in [6.45, 7) is 6.86. The summed E-state index contributed by atoms with van der Waals surface area (Å²) >= 11 is 0. The van der Waals surface area contributed by atoms with E-state index in [9.17, 15) is 4.79 Å². The van der Waals surface area contributed by atoms with E-state index in [4.69, 9.17) is 5.73 Å². The molecule has 2 atom stereocenters. The molecule has 88 valence electrons. The average molecular weight is 213 g/mol. The molecule has 1 amide bonds. The summed E-state index contributed by atoms with van der Waals surface area (Å²) in [6.07, 6.45) is 1.76. The molecule has 1 saturated heterocycles. The van der Waals surface area contributed by atoms with Crippen LogP contribution in [-0.4, -0.2) is 54.5 Å². The van der Waals surface area contributed by atoms with Gasteiger partial charge in [-0.1, -0.05) is 13.3 Å². The van der Waals surface area contributed by atoms with Crippen LogP contribution in [-0.2, 0) is 4.79 Å². The first-order valence-electron chi connectivity index (χ1n) is 5.80. The molecule has 0 aliphatic carbocycles. The third-order valence-electron chi connectivity index (χ3n) is 3.03. The predicted molar refractivity (Wildman–Crippen MR) is 61.6 cm³/mol. The first-order chi connectivity index (χ1) is 7.06. The highest BCUT2D eigenvalue weighted by Gasteiger charge is 2.28. The van der Waals surface area contributed by atoms with E-state index < -0.39 is 0 Å². The van der Waals surface area contributed by atoms with Gasteiger partial charge in [0.15, 0.2) is 0 Å². The lowest BCUT2D eigenvalue weighted by Gasteiger charge is -2.39. The zero-order chi connectivity index (χ0) is 11.4. The number of nitrogens with two attached hydrogens (primary N) is 1. The van der Waals surface area contributed by atoms with Crippen LogP contribution in [0.5, 0.6) is 0 Å². The molecule has 1 aliphatic heterocycles. The van der Waals surface area contributed by atoms with E-state index in [0.29, 0.717) is 6.04 Å². The van der Waals surface area contributed by atoms with Crippen LogP contribution in [0.1, 0.15) is 26.7 Å². The number of amides is 1. The summed E-state index contributed by atoms with van der Waals surface area (Å²) in [7, 11) is 2.09. The van der Waals surface area contributed by atoms with Crippen molar-refractivity contribution in [2.24, 2.45) is 5.73 Å². The number of hydrogen-bond acceptors (Lipinski definition) is 3. The van der Waals surface area contributed by atoms with E-state index in [1.165, 1.54) is 0 Å². The van der Waals surface area contributed by atoms with Crippen molar-refractivity contribution in [2.45, 2.75) is 38.8 Å². The molecule has 1 fully saturated rings. The van der Waals surface area contributed by atoms with Gasteiger partial charge in [0.2, 0.25) is 5.91 Å². The molecule has 0 aromatic rings. The monoisotopic (exact) mass is 213 g/mol. The Morgan fingerprint density at radius 1 is 1.53 bits per heavy atom. The maximum Gasteiger partial charge on any atom is 0.239 e. The summed E-state index contributed by atoms with van der Waals surface area (Å²) in [6, 6.07) is -0.0139. The van der Waals surface area contributed by atoms with Crippen molar-refractivity contribution >= 4 is 5.91 Å². The molecule has 0 bridgehead atoms. The van der Waals surface area contributed by atoms with Crippen LogP contribution in [0.25, 0.3) is 0 Å². The Labute approximate surface area is 92.4 Å². The molecule has 1 heterocycles. The van der Waals surface area contributed by atoms with Crippen molar-refractivity contribution in [1.29, 1.82) is 0 Å². The summed E-state index contributed by atoms with van der Waals surface area (Å²) in [5.74, 6) is 0.123. The van der Waals surface area contributed by atoms with E-state index >= 15 is 0 Å². The third kappa shape index (κ3) is 3.18. The van der Waals surface area contributed by atoms with E-state index in [0.717, 1.165) is 32.5 Å². The van der Waals surface area contributed by atoms with Gasteiger partial charge in [0, 0.05) is 25.7 Å². The van der Waals surface area contributed by atoms with Gasteiger partial charge in [-0.15, -0.1) is 0 Å². The van der Waals surface area contributed by atoms with Gasteiger partial charge in [-0.2, -0.15) is 0 Å². The zero-order valence-corrected chi connectivity index (χ0v) is 10.1. The van der Waals surface area contributed by atoms with Gasteiger partial charge in [-0.3, -0.25) is 4.79 Å². The van der Waals surface area contributed by atoms with Crippen molar-refractivity contribution in [3.63, 3.8) is 0 Å². The SMILES string of the molecule is CCCC(N)C(=O)N1CCN(C)CC1C. The van der Waals surface area contributed by atoms with Gasteiger partial charge < -0.3 is 15.5 Å². The Balaban J connectivity index is 2.52. The normalized spacial score (nSPS) is 25.3. The number of piperazine rings is 1. The van der Waals surface area contributed by atoms with Gasteiger partial charge in [0.1, 0.15) is 0 Å². The smallest absolute Gasteiger partial charge is 0.239 e. The molecule has 0 aromatic heterocycles. The second kappa shape index (κ2) is 5.47. The quantitative estimate of drug-likeness (QED) is 0.732. The molecule has 4 heteroatoms. The van der Waals surface area contributed by atoms with Crippen molar-refractivity contribution in [3.05, 3.63) is 0 Å². The number of carbonyl (C=O) groups is 1. The standard InChI is InChI=1S/C11H23N3O/c1-4-5-10(12)11(15)14-7-6-13(3)8-9(14)2/h9-10H,4-8,12H2,1-3H3. The second-order valence-corrected chi connectivity index (χ2v) is 4.54. The van der Waals surface area contributed by atoms with Crippen LogP contribution in [0.4, 0.5) is 0 Å². The van der Waals surface area contributed by atoms with Crippen LogP contribution in [0, 0.1) is 0 Å². The van der Waals surface area contributed by atoms with Crippen molar-refractivity contribution in [3.8, 4) is 0 Å². The minimum atomic E-state index is -0.305. The molecular weight excluding hydrogens is 190 g/mol. The minimum absolute atomic E-state index is 0.123. The van der Waals surface area contributed by atoms with E-state index in [1.807, 2.05) is 4.90 Å². The lowest BCUT2D eigenvalue weighted by atomic mass is 10.1. The van der Waals surface area contributed by atoms with Crippen LogP contribution < -0.4 is 5.73 Å². The maximum absolute atomic E-state index is 12.0. The lowest BCUT2D eigenvalue weighted by Crippen LogP contribution is -2.56. The molecule has 15 heavy (non-hydrogen) atoms. The van der Waals surface area contributed by atoms with Crippen LogP contribution >= 0.6 is 0 Å². The fourth-order valence-corrected chi connectivity index (χ4v) is 2.11. The number of nitrogens with zero attached hydrogens (tertiary/aromatic N) is 2. The summed E-state index contributed by atoms with van der Waals surface area (Å²) in [5, 5.41) is 0. The predicted octanol–water partition coefficient (Wildman–Crippen LogP) is 0.276. The lowest BCUT2D eigenvalue weighted by molar-refractivity contribution is -0.137. The zero-order valence-electron chi connectivity index (χ0n) is 10.1. The molecule has 0 saturated carbocycles. The number of hydrogen-bond donors (Lipinski definition) is 1. The molecular formula is C11H23N3O. The Hall–Kier alpha value is -0.610. The van der Waals surface area contributed by atoms with Gasteiger partial charge in [0.25, 0.3) is 0 Å². The fraction of sp³-hybridized carbons (Fsp3) is 0.909. The van der Waals surface area contributed by atoms with E-state index in [2.05, 4.69) is 25.8 Å². The van der Waals surface area contributed by atoms with Crippen LogP contribution in [0.2, 0.25) is 0 Å². The molecule has 1 rings (SSSR count). The summed E-state index contributed by atoms with van der Waals surface area (Å²) in [4.78, 5) is 16.2. The van der Waals surface area contributed by atoms with Crippen molar-refractivity contribution < 1.29 is 4.79 Å². The molecule has 4 nitrogen and oxygen atoms in total. The Kier molecular flexibility index (Phi) is 4.54. The number of likely N-dealkylation sites (N-methyl/N-ethyl adjacent to an activating group) is 1. The van der Waals surface area contributed by atoms with Crippen molar-refractivity contribution in [2.75, 3.05) is 26.7 Å². The minimum Gasteiger partial charge on any atom is -0.336 e. The first kappa shape index (κ1) is 12.5. The van der Waals surface area contributed by atoms with Crippen LogP contribution in [0.3, 0.4) is 0 Å². The fourth-order valence-electron chi connectivity index (χ4n) is 2.11. The summed E-state index contributed by atoms with van der Waals surface area (Å²) < 4.78 is 0. The molecule has 0 radical (unpaired) electrons. The Bertz CT molecular complexity index is 220. The number of carbonyl (C=O) groups excluding carboxylic acids is 1. The van der Waals surface area contributed by atoms with Crippen LogP contribution in [0.15, 0.2) is 0 Å². The van der Waals surface area contributed by atoms with Gasteiger partial charge >= 0.3 is 0 Å². The Morgan fingerprint density at radius 2 is 2.20 bits per heavy atom. The highest BCUT2D eigenvalue weighted by molar-refractivity contribution is 5.82. The Morgan fingerprint density at radius 3 is 2.73 bits per heavy atom. The molecule has 2 unspecified atom stereocenters. The maximum atomic E-state index is 12.0. The van der Waals surface area contributed by atoms with Gasteiger partial charge in [-0.25, -0.2) is 0 Å². The average Bonchev–Trinajstić information content (AvgIpc) is 2.17. The van der Waals surface area contributed by atoms with E-state index in [1.54, 1.807) is 0 Å². The highest BCUT2D eigenvalue weighted by Crippen LogP contribution is 2.10. The molecule has 0 spiro atoms. The van der Waals surface area contributed by atoms with Crippen molar-refractivity contribution in [1.82, 2.24) is 9.80 Å². The van der Waals surface area contributed by atoms with Gasteiger partial charge in [0.05, 0.1) is 6.04 Å². The molecule has 2 N–H and O–H groups in total. The topological polar surface area (TPSA) is 49.6 Å². The second-order valence-electron chi connectivity index (χ2n) is 4.54. The largest absolute Gasteiger partial charge is 0.336 e. The first-order valence-corrected chi connectivity index (χ1v) is 5.80. The molecule has 1 aliphatic rings.